The highest BCUT2D eigenvalue weighted by atomic mass is 16.5. The van der Waals surface area contributed by atoms with E-state index >= 15 is 0 Å². The maximum absolute atomic E-state index is 6.07. The quantitative estimate of drug-likeness (QED) is 0.176. The topological polar surface area (TPSA) is 9.23 Å². The van der Waals surface area contributed by atoms with Gasteiger partial charge in [-0.15, -0.1) is 0 Å². The van der Waals surface area contributed by atoms with Crippen LogP contribution in [0.15, 0.2) is 71.8 Å². The Morgan fingerprint density at radius 3 is 1.33 bits per heavy atom. The first-order valence-corrected chi connectivity index (χ1v) is 16.1. The molecule has 1 nitrogen and oxygen atoms in total. The predicted molar refractivity (Wildman–Crippen MR) is 169 cm³/mol. The Morgan fingerprint density at radius 2 is 1.00 bits per heavy atom. The molecule has 2 aromatic carbocycles. The van der Waals surface area contributed by atoms with Gasteiger partial charge >= 0.3 is 0 Å². The molecule has 2 aliphatic carbocycles. The van der Waals surface area contributed by atoms with Crippen LogP contribution in [0.25, 0.3) is 0 Å². The third-order valence-electron chi connectivity index (χ3n) is 9.34. The Kier molecular flexibility index (Phi) is 11.9. The lowest BCUT2D eigenvalue weighted by Crippen LogP contribution is -2.10. The molecule has 1 heteroatoms. The molecule has 39 heavy (non-hydrogen) atoms. The zero-order valence-corrected chi connectivity index (χ0v) is 25.4. The van der Waals surface area contributed by atoms with Crippen LogP contribution in [-0.4, -0.2) is 13.2 Å². The van der Waals surface area contributed by atoms with Gasteiger partial charge in [-0.3, -0.25) is 0 Å². The molecule has 2 aromatic rings. The zero-order valence-electron chi connectivity index (χ0n) is 25.4. The Morgan fingerprint density at radius 1 is 0.590 bits per heavy atom. The second-order valence-corrected chi connectivity index (χ2v) is 13.0. The molecular weight excluding hydrogens is 472 g/mol. The van der Waals surface area contributed by atoms with Gasteiger partial charge in [-0.05, 0) is 123 Å². The third kappa shape index (κ3) is 10.1. The number of aryl methyl sites for hydroxylation is 2. The van der Waals surface area contributed by atoms with Crippen molar-refractivity contribution in [3.63, 3.8) is 0 Å². The van der Waals surface area contributed by atoms with Gasteiger partial charge in [0.25, 0.3) is 0 Å². The Bertz CT molecular complexity index is 952. The van der Waals surface area contributed by atoms with Gasteiger partial charge in [-0.1, -0.05) is 99.5 Å². The van der Waals surface area contributed by atoms with Crippen molar-refractivity contribution in [2.45, 2.75) is 117 Å². The fourth-order valence-corrected chi connectivity index (χ4v) is 6.25. The zero-order chi connectivity index (χ0) is 27.5. The number of allylic oxidation sites excluding steroid dienone is 2. The largest absolute Gasteiger partial charge is 0.381 e. The number of hydrogen-bond acceptors (Lipinski definition) is 1. The Labute approximate surface area is 240 Å². The fourth-order valence-electron chi connectivity index (χ4n) is 6.25. The molecule has 0 saturated carbocycles. The van der Waals surface area contributed by atoms with E-state index in [-0.39, 0.29) is 0 Å². The predicted octanol–water partition coefficient (Wildman–Crippen LogP) is 10.7. The van der Waals surface area contributed by atoms with Crippen molar-refractivity contribution >= 4 is 0 Å². The summed E-state index contributed by atoms with van der Waals surface area (Å²) in [5.41, 5.74) is 9.16. The Hall–Kier alpha value is -2.12. The van der Waals surface area contributed by atoms with Crippen LogP contribution in [0.1, 0.15) is 126 Å². The molecule has 0 saturated heterocycles. The van der Waals surface area contributed by atoms with E-state index in [1.165, 1.54) is 86.5 Å². The third-order valence-corrected chi connectivity index (χ3v) is 9.34. The van der Waals surface area contributed by atoms with Crippen molar-refractivity contribution in [1.82, 2.24) is 0 Å². The monoisotopic (exact) mass is 526 g/mol. The molecule has 4 rings (SSSR count). The average molecular weight is 527 g/mol. The van der Waals surface area contributed by atoms with Gasteiger partial charge in [0.2, 0.25) is 0 Å². The lowest BCUT2D eigenvalue weighted by molar-refractivity contribution is 0.138. The molecule has 0 heterocycles. The van der Waals surface area contributed by atoms with Crippen molar-refractivity contribution in [3.8, 4) is 0 Å². The van der Waals surface area contributed by atoms with Gasteiger partial charge in [0, 0.05) is 0 Å². The fraction of sp³-hybridized carbons (Fsp3) is 0.579. The summed E-state index contributed by atoms with van der Waals surface area (Å²) in [6.07, 6.45) is 20.2. The van der Waals surface area contributed by atoms with Crippen LogP contribution in [0, 0.1) is 11.8 Å². The smallest absolute Gasteiger partial charge is 0.0503 e. The standard InChI is InChI=1S/C38H54O/c1-29(2)37-21-17-33(18-22-37)7-5-31-9-13-35(14-10-31)25-27-39-28-26-36-15-11-32(12-16-36)6-8-34-19-23-38(24-20-34)30(3)4/h13,15,17-24,29-32H,5-12,14,16,25-28H2,1-4H3. The lowest BCUT2D eigenvalue weighted by atomic mass is 9.84. The minimum Gasteiger partial charge on any atom is -0.381 e. The molecular formula is C38H54O. The summed E-state index contributed by atoms with van der Waals surface area (Å²) in [5.74, 6) is 2.95. The van der Waals surface area contributed by atoms with Crippen LogP contribution in [0.2, 0.25) is 0 Å². The minimum absolute atomic E-state index is 0.621. The van der Waals surface area contributed by atoms with Crippen molar-refractivity contribution in [2.75, 3.05) is 13.2 Å². The van der Waals surface area contributed by atoms with Crippen LogP contribution in [0.3, 0.4) is 0 Å². The molecule has 0 N–H and O–H groups in total. The van der Waals surface area contributed by atoms with Crippen LogP contribution in [0.4, 0.5) is 0 Å². The molecule has 0 aliphatic heterocycles. The lowest BCUT2D eigenvalue weighted by Gasteiger charge is -2.23. The molecule has 2 unspecified atom stereocenters. The number of rotatable bonds is 14. The van der Waals surface area contributed by atoms with Gasteiger partial charge in [0.1, 0.15) is 0 Å². The molecule has 0 bridgehead atoms. The molecule has 212 valence electrons. The van der Waals surface area contributed by atoms with Crippen LogP contribution in [-0.2, 0) is 17.6 Å². The summed E-state index contributed by atoms with van der Waals surface area (Å²) < 4.78 is 6.07. The highest BCUT2D eigenvalue weighted by Crippen LogP contribution is 2.30. The van der Waals surface area contributed by atoms with E-state index in [0.717, 1.165) is 37.9 Å². The minimum atomic E-state index is 0.621. The molecule has 0 radical (unpaired) electrons. The van der Waals surface area contributed by atoms with Gasteiger partial charge in [-0.2, -0.15) is 0 Å². The van der Waals surface area contributed by atoms with Gasteiger partial charge in [0.15, 0.2) is 0 Å². The van der Waals surface area contributed by atoms with E-state index in [9.17, 15) is 0 Å². The second kappa shape index (κ2) is 15.6. The summed E-state index contributed by atoms with van der Waals surface area (Å²) in [4.78, 5) is 0. The number of ether oxygens (including phenoxy) is 1. The summed E-state index contributed by atoms with van der Waals surface area (Å²) in [6.45, 7) is 10.9. The van der Waals surface area contributed by atoms with Gasteiger partial charge in [0.05, 0.1) is 13.2 Å². The summed E-state index contributed by atoms with van der Waals surface area (Å²) in [7, 11) is 0. The second-order valence-electron chi connectivity index (χ2n) is 13.0. The van der Waals surface area contributed by atoms with Crippen molar-refractivity contribution in [1.29, 1.82) is 0 Å². The summed E-state index contributed by atoms with van der Waals surface area (Å²) in [6, 6.07) is 18.6. The van der Waals surface area contributed by atoms with Crippen molar-refractivity contribution in [2.24, 2.45) is 11.8 Å². The normalized spacial score (nSPS) is 19.8. The van der Waals surface area contributed by atoms with E-state index in [1.807, 2.05) is 0 Å². The van der Waals surface area contributed by atoms with E-state index in [1.54, 1.807) is 11.1 Å². The average Bonchev–Trinajstić information content (AvgIpc) is 2.96. The molecule has 0 amide bonds. The van der Waals surface area contributed by atoms with E-state index in [4.69, 9.17) is 4.74 Å². The van der Waals surface area contributed by atoms with Crippen LogP contribution < -0.4 is 0 Å². The molecule has 2 aliphatic rings. The SMILES string of the molecule is CC(C)c1ccc(CCC2CC=C(CCOCCC3=CCC(CCc4ccc(C(C)C)cc4)CC3)CC2)cc1. The number of benzene rings is 2. The van der Waals surface area contributed by atoms with Crippen molar-refractivity contribution < 1.29 is 4.74 Å². The van der Waals surface area contributed by atoms with Crippen LogP contribution >= 0.6 is 0 Å². The van der Waals surface area contributed by atoms with Crippen molar-refractivity contribution in [3.05, 3.63) is 94.1 Å². The first-order valence-electron chi connectivity index (χ1n) is 16.1. The van der Waals surface area contributed by atoms with Crippen LogP contribution in [0.5, 0.6) is 0 Å². The van der Waals surface area contributed by atoms with Gasteiger partial charge in [-0.25, -0.2) is 0 Å². The first kappa shape index (κ1) is 29.9. The Balaban J connectivity index is 1.04. The maximum atomic E-state index is 6.07. The molecule has 2 atom stereocenters. The molecule has 0 spiro atoms. The molecule has 0 fully saturated rings. The van der Waals surface area contributed by atoms with E-state index in [2.05, 4.69) is 88.4 Å². The van der Waals surface area contributed by atoms with E-state index < -0.39 is 0 Å². The summed E-state index contributed by atoms with van der Waals surface area (Å²) in [5, 5.41) is 0. The summed E-state index contributed by atoms with van der Waals surface area (Å²) >= 11 is 0. The highest BCUT2D eigenvalue weighted by molar-refractivity contribution is 5.26. The van der Waals surface area contributed by atoms with Gasteiger partial charge < -0.3 is 4.74 Å². The maximum Gasteiger partial charge on any atom is 0.0503 e. The first-order chi connectivity index (χ1) is 19.0. The van der Waals surface area contributed by atoms with E-state index in [0.29, 0.717) is 11.8 Å². The number of hydrogen-bond donors (Lipinski definition) is 0. The molecule has 0 aromatic heterocycles. The highest BCUT2D eigenvalue weighted by Gasteiger charge is 2.16.